The van der Waals surface area contributed by atoms with Crippen molar-refractivity contribution in [1.29, 1.82) is 0 Å². The minimum absolute atomic E-state index is 0.148. The Bertz CT molecular complexity index is 74.1. The van der Waals surface area contributed by atoms with Gasteiger partial charge >= 0.3 is 0 Å². The van der Waals surface area contributed by atoms with Crippen molar-refractivity contribution in [2.24, 2.45) is 0 Å². The molecule has 0 aliphatic carbocycles. The normalized spacial score (nSPS) is 38.2. The molecule has 8 heavy (non-hydrogen) atoms. The van der Waals surface area contributed by atoms with Gasteiger partial charge in [0.1, 0.15) is 0 Å². The molecular formula is C5H10O3. The van der Waals surface area contributed by atoms with Crippen LogP contribution in [0.3, 0.4) is 0 Å². The third-order valence-electron chi connectivity index (χ3n) is 0.975. The molecule has 0 aromatic heterocycles. The quantitative estimate of drug-likeness (QED) is 0.481. The second kappa shape index (κ2) is 2.44. The van der Waals surface area contributed by atoms with E-state index in [2.05, 4.69) is 4.89 Å². The van der Waals surface area contributed by atoms with Gasteiger partial charge in [0.25, 0.3) is 0 Å². The van der Waals surface area contributed by atoms with Gasteiger partial charge in [0.15, 0.2) is 12.6 Å². The highest BCUT2D eigenvalue weighted by Crippen LogP contribution is 2.14. The Morgan fingerprint density at radius 3 is 2.38 bits per heavy atom. The van der Waals surface area contributed by atoms with Crippen LogP contribution in [0.1, 0.15) is 20.3 Å². The molecule has 0 spiro atoms. The second-order valence-electron chi connectivity index (χ2n) is 1.73. The predicted molar refractivity (Wildman–Crippen MR) is 26.8 cm³/mol. The maximum atomic E-state index is 5.07. The van der Waals surface area contributed by atoms with Crippen LogP contribution in [-0.4, -0.2) is 12.6 Å². The zero-order valence-corrected chi connectivity index (χ0v) is 5.09. The van der Waals surface area contributed by atoms with Crippen molar-refractivity contribution in [2.75, 3.05) is 0 Å². The molecular weight excluding hydrogens is 108 g/mol. The first-order valence-electron chi connectivity index (χ1n) is 2.80. The third kappa shape index (κ3) is 1.18. The maximum absolute atomic E-state index is 5.07. The molecule has 0 bridgehead atoms. The lowest BCUT2D eigenvalue weighted by Crippen LogP contribution is -2.06. The molecule has 3 nitrogen and oxygen atoms in total. The highest BCUT2D eigenvalue weighted by atomic mass is 17.3. The molecule has 0 radical (unpaired) electrons. The molecule has 3 heteroatoms. The number of hydrogen-bond donors (Lipinski definition) is 0. The molecule has 0 saturated carbocycles. The smallest absolute Gasteiger partial charge is 0.194 e. The van der Waals surface area contributed by atoms with Crippen LogP contribution in [0.15, 0.2) is 0 Å². The van der Waals surface area contributed by atoms with Crippen LogP contribution in [0, 0.1) is 0 Å². The van der Waals surface area contributed by atoms with Gasteiger partial charge in [0, 0.05) is 0 Å². The van der Waals surface area contributed by atoms with E-state index < -0.39 is 0 Å². The maximum Gasteiger partial charge on any atom is 0.194 e. The van der Waals surface area contributed by atoms with Crippen LogP contribution < -0.4 is 0 Å². The van der Waals surface area contributed by atoms with E-state index in [-0.39, 0.29) is 12.6 Å². The Morgan fingerprint density at radius 2 is 2.12 bits per heavy atom. The summed E-state index contributed by atoms with van der Waals surface area (Å²) in [6, 6.07) is 0. The molecule has 0 aromatic carbocycles. The largest absolute Gasteiger partial charge is 0.318 e. The summed E-state index contributed by atoms with van der Waals surface area (Å²) in [5.74, 6) is 0. The second-order valence-corrected chi connectivity index (χ2v) is 1.73. The number of hydrogen-bond acceptors (Lipinski definition) is 3. The van der Waals surface area contributed by atoms with Gasteiger partial charge in [-0.3, -0.25) is 0 Å². The van der Waals surface area contributed by atoms with E-state index in [0.717, 1.165) is 6.42 Å². The topological polar surface area (TPSA) is 27.7 Å². The Kier molecular flexibility index (Phi) is 1.83. The highest BCUT2D eigenvalue weighted by Gasteiger charge is 2.21. The SMILES string of the molecule is CC[C@@H]1OO[C@H](C)O1. The van der Waals surface area contributed by atoms with Gasteiger partial charge < -0.3 is 4.74 Å². The van der Waals surface area contributed by atoms with Crippen LogP contribution in [0.2, 0.25) is 0 Å². The molecule has 1 rings (SSSR count). The monoisotopic (exact) mass is 118 g/mol. The van der Waals surface area contributed by atoms with Crippen molar-refractivity contribution in [3.05, 3.63) is 0 Å². The van der Waals surface area contributed by atoms with Gasteiger partial charge in [-0.05, 0) is 13.3 Å². The summed E-state index contributed by atoms with van der Waals surface area (Å²) >= 11 is 0. The third-order valence-corrected chi connectivity index (χ3v) is 0.975. The molecule has 1 saturated heterocycles. The predicted octanol–water partition coefficient (Wildman–Crippen LogP) is 1.05. The van der Waals surface area contributed by atoms with Crippen molar-refractivity contribution >= 4 is 0 Å². The van der Waals surface area contributed by atoms with Crippen molar-refractivity contribution in [1.82, 2.24) is 0 Å². The fraction of sp³-hybridized carbons (Fsp3) is 1.00. The van der Waals surface area contributed by atoms with Crippen molar-refractivity contribution < 1.29 is 14.5 Å². The zero-order valence-electron chi connectivity index (χ0n) is 5.09. The lowest BCUT2D eigenvalue weighted by atomic mass is 10.5. The zero-order chi connectivity index (χ0) is 5.98. The molecule has 48 valence electrons. The molecule has 1 aliphatic heterocycles. The average Bonchev–Trinajstić information content (AvgIpc) is 2.14. The van der Waals surface area contributed by atoms with Gasteiger partial charge in [-0.2, -0.15) is 0 Å². The van der Waals surface area contributed by atoms with Crippen LogP contribution in [0.5, 0.6) is 0 Å². The molecule has 0 N–H and O–H groups in total. The molecule has 0 unspecified atom stereocenters. The minimum Gasteiger partial charge on any atom is -0.318 e. The summed E-state index contributed by atoms with van der Waals surface area (Å²) in [6.45, 7) is 3.78. The minimum atomic E-state index is -0.194. The molecule has 1 fully saturated rings. The van der Waals surface area contributed by atoms with Gasteiger partial charge in [-0.1, -0.05) is 6.92 Å². The summed E-state index contributed by atoms with van der Waals surface area (Å²) in [6.07, 6.45) is 0.495. The van der Waals surface area contributed by atoms with Gasteiger partial charge in [-0.25, -0.2) is 9.78 Å². The van der Waals surface area contributed by atoms with Crippen LogP contribution >= 0.6 is 0 Å². The van der Waals surface area contributed by atoms with Crippen LogP contribution in [0.25, 0.3) is 0 Å². The summed E-state index contributed by atoms with van der Waals surface area (Å²) in [5, 5.41) is 0. The molecule has 2 atom stereocenters. The Labute approximate surface area is 48.5 Å². The Morgan fingerprint density at radius 1 is 1.38 bits per heavy atom. The van der Waals surface area contributed by atoms with E-state index in [1.54, 1.807) is 6.92 Å². The summed E-state index contributed by atoms with van der Waals surface area (Å²) in [4.78, 5) is 9.33. The van der Waals surface area contributed by atoms with Crippen molar-refractivity contribution in [2.45, 2.75) is 32.8 Å². The molecule has 0 aromatic rings. The number of rotatable bonds is 1. The van der Waals surface area contributed by atoms with Crippen molar-refractivity contribution in [3.63, 3.8) is 0 Å². The highest BCUT2D eigenvalue weighted by molar-refractivity contribution is 4.41. The molecule has 0 amide bonds. The van der Waals surface area contributed by atoms with Crippen LogP contribution in [0.4, 0.5) is 0 Å². The standard InChI is InChI=1S/C5H10O3/c1-3-5-6-4(2)7-8-5/h4-5H,3H2,1-2H3/t4-,5+/m1/s1. The van der Waals surface area contributed by atoms with E-state index in [9.17, 15) is 0 Å². The Hall–Kier alpha value is -0.120. The first-order chi connectivity index (χ1) is 3.83. The van der Waals surface area contributed by atoms with Gasteiger partial charge in [0.2, 0.25) is 0 Å². The van der Waals surface area contributed by atoms with E-state index in [4.69, 9.17) is 9.62 Å². The lowest BCUT2D eigenvalue weighted by molar-refractivity contribution is -0.293. The fourth-order valence-corrected chi connectivity index (χ4v) is 0.564. The average molecular weight is 118 g/mol. The summed E-state index contributed by atoms with van der Waals surface area (Å²) < 4.78 is 5.07. The molecule has 1 aliphatic rings. The fourth-order valence-electron chi connectivity index (χ4n) is 0.564. The van der Waals surface area contributed by atoms with E-state index in [0.29, 0.717) is 0 Å². The summed E-state index contributed by atoms with van der Waals surface area (Å²) in [7, 11) is 0. The van der Waals surface area contributed by atoms with E-state index >= 15 is 0 Å². The summed E-state index contributed by atoms with van der Waals surface area (Å²) in [5.41, 5.74) is 0. The van der Waals surface area contributed by atoms with Gasteiger partial charge in [0.05, 0.1) is 0 Å². The first-order valence-corrected chi connectivity index (χ1v) is 2.80. The number of ether oxygens (including phenoxy) is 1. The van der Waals surface area contributed by atoms with Crippen molar-refractivity contribution in [3.8, 4) is 0 Å². The van der Waals surface area contributed by atoms with E-state index in [1.165, 1.54) is 0 Å². The van der Waals surface area contributed by atoms with Gasteiger partial charge in [-0.15, -0.1) is 0 Å². The first kappa shape index (κ1) is 6.01. The van der Waals surface area contributed by atoms with E-state index in [1.807, 2.05) is 6.92 Å². The Balaban J connectivity index is 2.22. The van der Waals surface area contributed by atoms with Crippen LogP contribution in [-0.2, 0) is 14.5 Å². The molecule has 1 heterocycles. The lowest BCUT2D eigenvalue weighted by Gasteiger charge is -1.98.